The number of carbonyl (C=O) groups excluding carboxylic acids is 1. The van der Waals surface area contributed by atoms with Crippen LogP contribution in [-0.4, -0.2) is 40.9 Å². The lowest BCUT2D eigenvalue weighted by Crippen LogP contribution is -2.45. The maximum absolute atomic E-state index is 12.1. The van der Waals surface area contributed by atoms with Gasteiger partial charge in [0.1, 0.15) is 6.10 Å². The number of ether oxygens (including phenoxy) is 1. The molecule has 0 rings (SSSR count). The zero-order chi connectivity index (χ0) is 36.0. The van der Waals surface area contributed by atoms with Gasteiger partial charge < -0.3 is 13.6 Å². The van der Waals surface area contributed by atoms with Gasteiger partial charge in [0, 0.05) is 31.1 Å². The molecular formula is C41H82O4Si2. The van der Waals surface area contributed by atoms with Crippen molar-refractivity contribution in [3.05, 3.63) is 25.3 Å². The molecule has 0 amide bonds. The van der Waals surface area contributed by atoms with E-state index in [0.717, 1.165) is 25.7 Å². The van der Waals surface area contributed by atoms with Crippen molar-refractivity contribution >= 4 is 22.6 Å². The van der Waals surface area contributed by atoms with E-state index in [0.29, 0.717) is 18.9 Å². The third kappa shape index (κ3) is 21.9. The summed E-state index contributed by atoms with van der Waals surface area (Å²) in [6.45, 7) is 33.1. The molecule has 0 spiro atoms. The third-order valence-electron chi connectivity index (χ3n) is 10.9. The molecule has 0 fully saturated rings. The van der Waals surface area contributed by atoms with Gasteiger partial charge in [0.25, 0.3) is 0 Å². The number of hydrogen-bond acceptors (Lipinski definition) is 4. The van der Waals surface area contributed by atoms with Crippen molar-refractivity contribution in [2.45, 2.75) is 231 Å². The van der Waals surface area contributed by atoms with Crippen molar-refractivity contribution in [1.29, 1.82) is 0 Å². The molecule has 0 saturated carbocycles. The summed E-state index contributed by atoms with van der Waals surface area (Å²) in [7, 11) is -3.83. The van der Waals surface area contributed by atoms with Crippen LogP contribution in [0.4, 0.5) is 0 Å². The normalized spacial score (nSPS) is 14.9. The van der Waals surface area contributed by atoms with E-state index in [9.17, 15) is 4.79 Å². The molecule has 0 aliphatic rings. The van der Waals surface area contributed by atoms with Gasteiger partial charge in [-0.25, -0.2) is 4.79 Å². The quantitative estimate of drug-likeness (QED) is 0.0257. The van der Waals surface area contributed by atoms with Gasteiger partial charge in [-0.05, 0) is 55.5 Å². The van der Waals surface area contributed by atoms with Crippen molar-refractivity contribution in [3.8, 4) is 0 Å². The first-order chi connectivity index (χ1) is 21.9. The molecule has 4 nitrogen and oxygen atoms in total. The molecule has 3 atom stereocenters. The van der Waals surface area contributed by atoms with Gasteiger partial charge in [-0.1, -0.05) is 157 Å². The Hall–Kier alpha value is -0.696. The van der Waals surface area contributed by atoms with Crippen LogP contribution in [0.1, 0.15) is 177 Å². The lowest BCUT2D eigenvalue weighted by Gasteiger charge is -2.40. The fraction of sp³-hybridized carbons (Fsp3) is 0.878. The van der Waals surface area contributed by atoms with Crippen LogP contribution < -0.4 is 0 Å². The van der Waals surface area contributed by atoms with Crippen molar-refractivity contribution in [2.24, 2.45) is 0 Å². The Labute approximate surface area is 296 Å². The van der Waals surface area contributed by atoms with Gasteiger partial charge in [-0.15, -0.1) is 6.58 Å². The first-order valence-corrected chi connectivity index (χ1v) is 25.5. The molecular weight excluding hydrogens is 613 g/mol. The van der Waals surface area contributed by atoms with Crippen LogP contribution in [0.5, 0.6) is 0 Å². The predicted molar refractivity (Wildman–Crippen MR) is 212 cm³/mol. The minimum Gasteiger partial charge on any atom is -0.459 e. The zero-order valence-corrected chi connectivity index (χ0v) is 35.6. The molecule has 0 aliphatic carbocycles. The fourth-order valence-electron chi connectivity index (χ4n) is 5.69. The highest BCUT2D eigenvalue weighted by Gasteiger charge is 2.40. The third-order valence-corrected chi connectivity index (χ3v) is 19.9. The molecule has 6 heteroatoms. The van der Waals surface area contributed by atoms with Crippen LogP contribution in [0.15, 0.2) is 25.3 Å². The van der Waals surface area contributed by atoms with Gasteiger partial charge in [-0.2, -0.15) is 0 Å². The largest absolute Gasteiger partial charge is 0.459 e. The zero-order valence-electron chi connectivity index (χ0n) is 33.6. The monoisotopic (exact) mass is 695 g/mol. The lowest BCUT2D eigenvalue weighted by atomic mass is 10.00. The highest BCUT2D eigenvalue weighted by Crippen LogP contribution is 2.40. The highest BCUT2D eigenvalue weighted by molar-refractivity contribution is 6.74. The number of rotatable bonds is 29. The van der Waals surface area contributed by atoms with Crippen molar-refractivity contribution in [2.75, 3.05) is 0 Å². The minimum absolute atomic E-state index is 0.0549. The van der Waals surface area contributed by atoms with E-state index in [1.165, 1.54) is 96.0 Å². The molecule has 0 aromatic carbocycles. The van der Waals surface area contributed by atoms with Gasteiger partial charge in [0.2, 0.25) is 0 Å². The van der Waals surface area contributed by atoms with E-state index in [2.05, 4.69) is 87.8 Å². The van der Waals surface area contributed by atoms with Crippen molar-refractivity contribution in [3.63, 3.8) is 0 Å². The summed E-state index contributed by atoms with van der Waals surface area (Å²) in [4.78, 5) is 12.1. The SMILES string of the molecule is C=CC[C@H](C[C@H](CCCC[C@H](CCCCCCCCCCCCCCC)O[Si](C)(C)C(C)(C)C)O[Si](C)(C)C(C)(C)C)OC(=O)C=C. The fourth-order valence-corrected chi connectivity index (χ4v) is 8.52. The van der Waals surface area contributed by atoms with Crippen LogP contribution in [0, 0.1) is 0 Å². The molecule has 0 unspecified atom stereocenters. The Balaban J connectivity index is 5.07. The Morgan fingerprint density at radius 3 is 1.34 bits per heavy atom. The van der Waals surface area contributed by atoms with Crippen LogP contribution in [-0.2, 0) is 18.4 Å². The minimum atomic E-state index is -1.99. The molecule has 0 aliphatic heterocycles. The summed E-state index contributed by atoms with van der Waals surface area (Å²) in [5.41, 5.74) is 0. The molecule has 0 N–H and O–H groups in total. The first-order valence-electron chi connectivity index (χ1n) is 19.7. The Bertz CT molecular complexity index is 824. The smallest absolute Gasteiger partial charge is 0.330 e. The van der Waals surface area contributed by atoms with Crippen LogP contribution in [0.3, 0.4) is 0 Å². The number of hydrogen-bond donors (Lipinski definition) is 0. The predicted octanol–water partition coefficient (Wildman–Crippen LogP) is 13.9. The number of unbranched alkanes of at least 4 members (excludes halogenated alkanes) is 13. The lowest BCUT2D eigenvalue weighted by molar-refractivity contribution is -0.144. The molecule has 278 valence electrons. The Morgan fingerprint density at radius 1 is 0.596 bits per heavy atom. The van der Waals surface area contributed by atoms with E-state index in [1.54, 1.807) is 0 Å². The average molecular weight is 695 g/mol. The Morgan fingerprint density at radius 2 is 0.957 bits per heavy atom. The topological polar surface area (TPSA) is 44.8 Å². The Kier molecular flexibility index (Phi) is 24.1. The second-order valence-corrected chi connectivity index (χ2v) is 26.9. The second kappa shape index (κ2) is 24.5. The number of esters is 1. The van der Waals surface area contributed by atoms with Crippen molar-refractivity contribution in [1.82, 2.24) is 0 Å². The van der Waals surface area contributed by atoms with Crippen LogP contribution in [0.25, 0.3) is 0 Å². The van der Waals surface area contributed by atoms with E-state index >= 15 is 0 Å². The molecule has 0 aromatic heterocycles. The second-order valence-electron chi connectivity index (χ2n) is 17.3. The molecule has 47 heavy (non-hydrogen) atoms. The standard InChI is InChI=1S/C41H82O4Si2/c1-14-17-18-19-20-21-22-23-24-25-26-27-28-32-36(44-46(10,11)40(4,5)6)33-29-30-34-38(45-47(12,13)41(7,8)9)35-37(31-15-2)43-39(42)16-3/h15-16,36-38H,2-3,14,17-35H2,1,4-13H3/t36-,37+,38-/m0/s1. The van der Waals surface area contributed by atoms with Gasteiger partial charge >= 0.3 is 5.97 Å². The van der Waals surface area contributed by atoms with E-state index in [1.807, 2.05) is 6.08 Å². The summed E-state index contributed by atoms with van der Waals surface area (Å²) in [6.07, 6.45) is 28.1. The molecule has 0 radical (unpaired) electrons. The van der Waals surface area contributed by atoms with Crippen LogP contribution >= 0.6 is 0 Å². The molecule has 0 saturated heterocycles. The average Bonchev–Trinajstić information content (AvgIpc) is 2.95. The van der Waals surface area contributed by atoms with Gasteiger partial charge in [-0.3, -0.25) is 0 Å². The highest BCUT2D eigenvalue weighted by atomic mass is 28.4. The summed E-state index contributed by atoms with van der Waals surface area (Å²) in [5, 5.41) is 0.333. The summed E-state index contributed by atoms with van der Waals surface area (Å²) < 4.78 is 19.7. The first kappa shape index (κ1) is 46.3. The van der Waals surface area contributed by atoms with Crippen LogP contribution in [0.2, 0.25) is 36.3 Å². The summed E-state index contributed by atoms with van der Waals surface area (Å²) >= 11 is 0. The summed E-state index contributed by atoms with van der Waals surface area (Å²) in [6, 6.07) is 0. The van der Waals surface area contributed by atoms with E-state index in [4.69, 9.17) is 13.6 Å². The van der Waals surface area contributed by atoms with Crippen molar-refractivity contribution < 1.29 is 18.4 Å². The van der Waals surface area contributed by atoms with Gasteiger partial charge in [0.15, 0.2) is 16.6 Å². The molecule has 0 bridgehead atoms. The van der Waals surface area contributed by atoms with E-state index < -0.39 is 16.6 Å². The molecule has 0 heterocycles. The van der Waals surface area contributed by atoms with E-state index in [-0.39, 0.29) is 28.3 Å². The van der Waals surface area contributed by atoms with Gasteiger partial charge in [0.05, 0.1) is 0 Å². The maximum atomic E-state index is 12.1. The summed E-state index contributed by atoms with van der Waals surface area (Å²) in [5.74, 6) is -0.373. The number of carbonyl (C=O) groups is 1. The molecule has 0 aromatic rings. The maximum Gasteiger partial charge on any atom is 0.330 e.